The predicted octanol–water partition coefficient (Wildman–Crippen LogP) is 1.88. The van der Waals surface area contributed by atoms with E-state index in [4.69, 9.17) is 0 Å². The summed E-state index contributed by atoms with van der Waals surface area (Å²) in [6.45, 7) is 10.3. The van der Waals surface area contributed by atoms with Crippen molar-refractivity contribution in [2.45, 2.75) is 38.6 Å². The summed E-state index contributed by atoms with van der Waals surface area (Å²) in [5, 5.41) is 3.25. The first-order valence-corrected chi connectivity index (χ1v) is 9.89. The van der Waals surface area contributed by atoms with Crippen LogP contribution in [-0.4, -0.2) is 62.3 Å². The molecule has 0 aliphatic carbocycles. The highest BCUT2D eigenvalue weighted by Gasteiger charge is 2.28. The average Bonchev–Trinajstić information content (AvgIpc) is 2.56. The van der Waals surface area contributed by atoms with E-state index in [1.165, 1.54) is 10.4 Å². The number of carbonyl (C=O) groups excluding carboxylic acids is 1. The molecule has 0 aromatic heterocycles. The lowest BCUT2D eigenvalue weighted by molar-refractivity contribution is 0.0655. The molecule has 6 nitrogen and oxygen atoms in total. The zero-order valence-electron chi connectivity index (χ0n) is 15.3. The van der Waals surface area contributed by atoms with Crippen molar-refractivity contribution in [3.05, 3.63) is 29.3 Å². The van der Waals surface area contributed by atoms with Gasteiger partial charge in [0, 0.05) is 44.3 Å². The van der Waals surface area contributed by atoms with Gasteiger partial charge in [0.15, 0.2) is 0 Å². The fraction of sp³-hybridized carbons (Fsp3) is 0.588. The minimum absolute atomic E-state index is 0. The van der Waals surface area contributed by atoms with E-state index < -0.39 is 10.0 Å². The number of carbonyl (C=O) groups is 1. The van der Waals surface area contributed by atoms with Gasteiger partial charge in [-0.1, -0.05) is 19.9 Å². The molecule has 0 spiro atoms. The number of nitrogens with one attached hydrogen (secondary N) is 1. The van der Waals surface area contributed by atoms with Gasteiger partial charge >= 0.3 is 0 Å². The van der Waals surface area contributed by atoms with E-state index in [2.05, 4.69) is 5.32 Å². The van der Waals surface area contributed by atoms with Crippen LogP contribution in [0.1, 0.15) is 36.7 Å². The maximum Gasteiger partial charge on any atom is 0.254 e. The normalized spacial score (nSPS) is 18.1. The smallest absolute Gasteiger partial charge is 0.254 e. The first kappa shape index (κ1) is 21.9. The second kappa shape index (κ2) is 8.98. The van der Waals surface area contributed by atoms with Crippen molar-refractivity contribution in [1.82, 2.24) is 14.5 Å². The largest absolute Gasteiger partial charge is 0.333 e. The first-order chi connectivity index (χ1) is 11.3. The van der Waals surface area contributed by atoms with E-state index in [0.717, 1.165) is 13.1 Å². The van der Waals surface area contributed by atoms with Gasteiger partial charge in [-0.15, -0.1) is 12.4 Å². The molecule has 0 unspecified atom stereocenters. The maximum atomic E-state index is 12.8. The Bertz CT molecular complexity index is 705. The molecule has 0 radical (unpaired) electrons. The number of amides is 1. The minimum atomic E-state index is -3.58. The molecule has 0 bridgehead atoms. The van der Waals surface area contributed by atoms with Crippen LogP contribution >= 0.6 is 12.4 Å². The molecule has 1 fully saturated rings. The molecule has 1 aromatic rings. The van der Waals surface area contributed by atoms with E-state index >= 15 is 0 Å². The molecular weight excluding hydrogens is 362 g/mol. The number of sulfonamides is 1. The van der Waals surface area contributed by atoms with Crippen LogP contribution in [0.25, 0.3) is 0 Å². The highest BCUT2D eigenvalue weighted by molar-refractivity contribution is 7.89. The molecular formula is C17H28ClN3O3S. The molecule has 1 N–H and O–H groups in total. The number of halogens is 1. The van der Waals surface area contributed by atoms with Crippen LogP contribution in [0, 0.1) is 6.92 Å². The number of rotatable bonds is 5. The Hall–Kier alpha value is -1.15. The molecule has 8 heteroatoms. The van der Waals surface area contributed by atoms with Crippen LogP contribution in [0.4, 0.5) is 0 Å². The predicted molar refractivity (Wildman–Crippen MR) is 102 cm³/mol. The maximum absolute atomic E-state index is 12.8. The van der Waals surface area contributed by atoms with Crippen molar-refractivity contribution in [2.75, 3.05) is 32.7 Å². The highest BCUT2D eigenvalue weighted by Crippen LogP contribution is 2.22. The molecule has 1 aliphatic rings. The number of nitrogens with zero attached hydrogens (tertiary/aromatic N) is 2. The molecule has 1 aliphatic heterocycles. The van der Waals surface area contributed by atoms with Crippen LogP contribution in [0.15, 0.2) is 23.1 Å². The molecule has 1 saturated heterocycles. The van der Waals surface area contributed by atoms with Gasteiger partial charge in [-0.05, 0) is 31.5 Å². The summed E-state index contributed by atoms with van der Waals surface area (Å²) < 4.78 is 27.1. The number of piperazine rings is 1. The van der Waals surface area contributed by atoms with Crippen LogP contribution < -0.4 is 5.32 Å². The summed E-state index contributed by atoms with van der Waals surface area (Å²) in [5.41, 5.74) is 1.09. The molecule has 142 valence electrons. The second-order valence-corrected chi connectivity index (χ2v) is 8.03. The van der Waals surface area contributed by atoms with Crippen LogP contribution in [-0.2, 0) is 10.0 Å². The molecule has 1 heterocycles. The summed E-state index contributed by atoms with van der Waals surface area (Å²) >= 11 is 0. The SMILES string of the molecule is CCN(CC)S(=O)(=O)c1cc(C(=O)N2CCNC[C@H]2C)ccc1C.Cl. The van der Waals surface area contributed by atoms with Crippen LogP contribution in [0.3, 0.4) is 0 Å². The number of benzene rings is 1. The van der Waals surface area contributed by atoms with Crippen LogP contribution in [0.5, 0.6) is 0 Å². The van der Waals surface area contributed by atoms with E-state index in [9.17, 15) is 13.2 Å². The molecule has 2 rings (SSSR count). The van der Waals surface area contributed by atoms with Gasteiger partial charge in [-0.2, -0.15) is 4.31 Å². The lowest BCUT2D eigenvalue weighted by Gasteiger charge is -2.34. The summed E-state index contributed by atoms with van der Waals surface area (Å²) in [5.74, 6) is -0.111. The van der Waals surface area contributed by atoms with Gasteiger partial charge in [-0.3, -0.25) is 4.79 Å². The highest BCUT2D eigenvalue weighted by atomic mass is 35.5. The van der Waals surface area contributed by atoms with Gasteiger partial charge in [0.2, 0.25) is 10.0 Å². The fourth-order valence-corrected chi connectivity index (χ4v) is 4.73. The van der Waals surface area contributed by atoms with Gasteiger partial charge in [0.1, 0.15) is 0 Å². The summed E-state index contributed by atoms with van der Waals surface area (Å²) in [7, 11) is -3.58. The van der Waals surface area contributed by atoms with Crippen LogP contribution in [0.2, 0.25) is 0 Å². The van der Waals surface area contributed by atoms with E-state index in [1.54, 1.807) is 24.0 Å². The quantitative estimate of drug-likeness (QED) is 0.834. The Labute approximate surface area is 157 Å². The molecule has 1 amide bonds. The topological polar surface area (TPSA) is 69.7 Å². The summed E-state index contributed by atoms with van der Waals surface area (Å²) in [4.78, 5) is 14.8. The molecule has 1 atom stereocenters. The Kier molecular flexibility index (Phi) is 7.87. The van der Waals surface area contributed by atoms with Crippen molar-refractivity contribution in [3.8, 4) is 0 Å². The fourth-order valence-electron chi connectivity index (χ4n) is 3.02. The standard InChI is InChI=1S/C17H27N3O3S.ClH/c1-5-19(6-2)24(22,23)16-11-15(8-7-13(16)3)17(21)20-10-9-18-12-14(20)4;/h7-8,11,14,18H,5-6,9-10,12H2,1-4H3;1H/t14-;/m1./s1. The molecule has 0 saturated carbocycles. The summed E-state index contributed by atoms with van der Waals surface area (Å²) in [6.07, 6.45) is 0. The number of hydrogen-bond donors (Lipinski definition) is 1. The number of aryl methyl sites for hydroxylation is 1. The van der Waals surface area contributed by atoms with Crippen molar-refractivity contribution in [2.24, 2.45) is 0 Å². The van der Waals surface area contributed by atoms with Gasteiger partial charge in [0.25, 0.3) is 5.91 Å². The van der Waals surface area contributed by atoms with Crippen molar-refractivity contribution in [1.29, 1.82) is 0 Å². The lowest BCUT2D eigenvalue weighted by atomic mass is 10.1. The minimum Gasteiger partial charge on any atom is -0.333 e. The van der Waals surface area contributed by atoms with E-state index in [0.29, 0.717) is 30.8 Å². The Morgan fingerprint density at radius 2 is 1.96 bits per heavy atom. The van der Waals surface area contributed by atoms with E-state index in [-0.39, 0.29) is 29.3 Å². The monoisotopic (exact) mass is 389 g/mol. The van der Waals surface area contributed by atoms with Gasteiger partial charge in [-0.25, -0.2) is 8.42 Å². The van der Waals surface area contributed by atoms with Crippen molar-refractivity contribution >= 4 is 28.3 Å². The third-order valence-corrected chi connectivity index (χ3v) is 6.71. The zero-order valence-corrected chi connectivity index (χ0v) is 16.9. The third-order valence-electron chi connectivity index (χ3n) is 4.52. The average molecular weight is 390 g/mol. The lowest BCUT2D eigenvalue weighted by Crippen LogP contribution is -2.52. The van der Waals surface area contributed by atoms with Gasteiger partial charge < -0.3 is 10.2 Å². The Morgan fingerprint density at radius 1 is 1.32 bits per heavy atom. The zero-order chi connectivity index (χ0) is 17.9. The van der Waals surface area contributed by atoms with Crippen molar-refractivity contribution in [3.63, 3.8) is 0 Å². The number of hydrogen-bond acceptors (Lipinski definition) is 4. The van der Waals surface area contributed by atoms with Crippen molar-refractivity contribution < 1.29 is 13.2 Å². The first-order valence-electron chi connectivity index (χ1n) is 8.45. The molecule has 25 heavy (non-hydrogen) atoms. The van der Waals surface area contributed by atoms with Gasteiger partial charge in [0.05, 0.1) is 4.90 Å². The second-order valence-electron chi connectivity index (χ2n) is 6.12. The summed E-state index contributed by atoms with van der Waals surface area (Å²) in [6, 6.07) is 5.06. The van der Waals surface area contributed by atoms with E-state index in [1.807, 2.05) is 20.8 Å². The third kappa shape index (κ3) is 4.53. The Balaban J connectivity index is 0.00000312. The Morgan fingerprint density at radius 3 is 2.52 bits per heavy atom. The molecule has 1 aromatic carbocycles.